The first-order valence-electron chi connectivity index (χ1n) is 6.04. The summed E-state index contributed by atoms with van der Waals surface area (Å²) in [6.45, 7) is 3.55. The minimum atomic E-state index is -1.12. The fourth-order valence-electron chi connectivity index (χ4n) is 1.51. The molecule has 0 bridgehead atoms. The predicted octanol–water partition coefficient (Wildman–Crippen LogP) is 2.57. The van der Waals surface area contributed by atoms with Crippen LogP contribution < -0.4 is 0 Å². The molecule has 5 nitrogen and oxygen atoms in total. The van der Waals surface area contributed by atoms with E-state index in [-0.39, 0.29) is 17.5 Å². The van der Waals surface area contributed by atoms with E-state index in [2.05, 4.69) is 4.74 Å². The van der Waals surface area contributed by atoms with Crippen LogP contribution in [0.15, 0.2) is 18.2 Å². The van der Waals surface area contributed by atoms with E-state index in [4.69, 9.17) is 5.11 Å². The molecule has 1 rings (SSSR count). The number of unbranched alkanes of at least 4 members (excludes halogenated alkanes) is 1. The quantitative estimate of drug-likeness (QED) is 0.653. The second-order valence-corrected chi connectivity index (χ2v) is 4.20. The van der Waals surface area contributed by atoms with E-state index in [1.807, 2.05) is 6.92 Å². The molecule has 0 unspecified atom stereocenters. The number of esters is 2. The maximum Gasteiger partial charge on any atom is 0.345 e. The van der Waals surface area contributed by atoms with Crippen LogP contribution in [0.5, 0.6) is 0 Å². The zero-order valence-corrected chi connectivity index (χ0v) is 10.9. The Kier molecular flexibility index (Phi) is 5.23. The second-order valence-electron chi connectivity index (χ2n) is 4.20. The van der Waals surface area contributed by atoms with Crippen LogP contribution >= 0.6 is 0 Å². The molecule has 0 fully saturated rings. The van der Waals surface area contributed by atoms with Gasteiger partial charge in [0.25, 0.3) is 0 Å². The first-order chi connectivity index (χ1) is 8.95. The maximum absolute atomic E-state index is 11.7. The average molecular weight is 264 g/mol. The lowest BCUT2D eigenvalue weighted by molar-refractivity contribution is -0.138. The lowest BCUT2D eigenvalue weighted by Crippen LogP contribution is -2.13. The fraction of sp³-hybridized carbons (Fsp3) is 0.357. The number of carboxylic acid groups (broad SMARTS) is 1. The lowest BCUT2D eigenvalue weighted by Gasteiger charge is -2.05. The fourth-order valence-corrected chi connectivity index (χ4v) is 1.51. The van der Waals surface area contributed by atoms with E-state index in [1.54, 1.807) is 6.92 Å². The number of carboxylic acids is 1. The molecule has 0 aromatic heterocycles. The third-order valence-corrected chi connectivity index (χ3v) is 2.64. The molecule has 5 heteroatoms. The Morgan fingerprint density at radius 2 is 1.95 bits per heavy atom. The van der Waals surface area contributed by atoms with Gasteiger partial charge >= 0.3 is 17.9 Å². The van der Waals surface area contributed by atoms with Crippen molar-refractivity contribution in [1.82, 2.24) is 0 Å². The minimum Gasteiger partial charge on any atom is -0.478 e. The molecular weight excluding hydrogens is 248 g/mol. The molecule has 0 heterocycles. The van der Waals surface area contributed by atoms with Crippen LogP contribution in [0.25, 0.3) is 0 Å². The minimum absolute atomic E-state index is 0.0236. The second kappa shape index (κ2) is 6.68. The summed E-state index contributed by atoms with van der Waals surface area (Å²) in [5.74, 6) is -2.53. The molecule has 0 saturated carbocycles. The number of aryl methyl sites for hydroxylation is 1. The van der Waals surface area contributed by atoms with E-state index < -0.39 is 17.9 Å². The summed E-state index contributed by atoms with van der Waals surface area (Å²) in [7, 11) is 0. The average Bonchev–Trinajstić information content (AvgIpc) is 2.36. The summed E-state index contributed by atoms with van der Waals surface area (Å²) < 4.78 is 4.64. The molecule has 0 aliphatic rings. The van der Waals surface area contributed by atoms with Crippen molar-refractivity contribution in [2.24, 2.45) is 0 Å². The number of rotatable bonds is 5. The maximum atomic E-state index is 11.7. The Bertz CT molecular complexity index is 505. The van der Waals surface area contributed by atoms with Gasteiger partial charge in [0.05, 0.1) is 11.1 Å². The monoisotopic (exact) mass is 264 g/mol. The molecular formula is C14H16O5. The lowest BCUT2D eigenvalue weighted by atomic mass is 10.1. The highest BCUT2D eigenvalue weighted by molar-refractivity contribution is 5.99. The molecule has 102 valence electrons. The van der Waals surface area contributed by atoms with Gasteiger partial charge in [-0.1, -0.05) is 19.4 Å². The van der Waals surface area contributed by atoms with E-state index in [1.165, 1.54) is 18.2 Å². The normalized spacial score (nSPS) is 10.0. The highest BCUT2D eigenvalue weighted by Gasteiger charge is 2.16. The predicted molar refractivity (Wildman–Crippen MR) is 68.1 cm³/mol. The van der Waals surface area contributed by atoms with Crippen molar-refractivity contribution < 1.29 is 24.2 Å². The number of hydrogen-bond donors (Lipinski definition) is 1. The summed E-state index contributed by atoms with van der Waals surface area (Å²) in [5, 5.41) is 8.95. The highest BCUT2D eigenvalue weighted by atomic mass is 16.6. The first-order valence-corrected chi connectivity index (χ1v) is 6.04. The Balaban J connectivity index is 2.80. The van der Waals surface area contributed by atoms with Gasteiger partial charge in [0.15, 0.2) is 0 Å². The van der Waals surface area contributed by atoms with Gasteiger partial charge in [-0.2, -0.15) is 0 Å². The van der Waals surface area contributed by atoms with Gasteiger partial charge in [-0.3, -0.25) is 4.79 Å². The van der Waals surface area contributed by atoms with Gasteiger partial charge < -0.3 is 9.84 Å². The Morgan fingerprint density at radius 1 is 1.26 bits per heavy atom. The Hall–Kier alpha value is -2.17. The standard InChI is InChI=1S/C14H16O5/c1-3-4-5-12(15)19-14(18)10-7-6-9(2)11(8-10)13(16)17/h6-8H,3-5H2,1-2H3,(H,16,17). The van der Waals surface area contributed by atoms with Crippen molar-refractivity contribution in [3.05, 3.63) is 34.9 Å². The van der Waals surface area contributed by atoms with Crippen molar-refractivity contribution in [3.8, 4) is 0 Å². The van der Waals surface area contributed by atoms with Gasteiger partial charge in [0.1, 0.15) is 0 Å². The van der Waals surface area contributed by atoms with Crippen molar-refractivity contribution in [3.63, 3.8) is 0 Å². The van der Waals surface area contributed by atoms with Crippen molar-refractivity contribution in [2.45, 2.75) is 33.1 Å². The zero-order chi connectivity index (χ0) is 14.4. The van der Waals surface area contributed by atoms with Crippen LogP contribution in [0.4, 0.5) is 0 Å². The molecule has 0 aliphatic carbocycles. The van der Waals surface area contributed by atoms with Crippen molar-refractivity contribution in [1.29, 1.82) is 0 Å². The number of carbonyl (C=O) groups is 3. The van der Waals surface area contributed by atoms with Gasteiger partial charge in [-0.05, 0) is 31.0 Å². The summed E-state index contributed by atoms with van der Waals surface area (Å²) >= 11 is 0. The summed E-state index contributed by atoms with van der Waals surface area (Å²) in [4.78, 5) is 33.9. The van der Waals surface area contributed by atoms with Crippen LogP contribution in [0.1, 0.15) is 52.5 Å². The summed E-state index contributed by atoms with van der Waals surface area (Å²) in [6.07, 6.45) is 1.66. The topological polar surface area (TPSA) is 80.7 Å². The number of benzene rings is 1. The zero-order valence-electron chi connectivity index (χ0n) is 10.9. The third kappa shape index (κ3) is 4.21. The molecule has 0 atom stereocenters. The molecule has 0 spiro atoms. The van der Waals surface area contributed by atoms with Crippen LogP contribution in [0, 0.1) is 6.92 Å². The van der Waals surface area contributed by atoms with E-state index >= 15 is 0 Å². The smallest absolute Gasteiger partial charge is 0.345 e. The molecule has 0 aliphatic heterocycles. The van der Waals surface area contributed by atoms with Crippen molar-refractivity contribution in [2.75, 3.05) is 0 Å². The van der Waals surface area contributed by atoms with Crippen LogP contribution in [0.3, 0.4) is 0 Å². The van der Waals surface area contributed by atoms with E-state index in [0.717, 1.165) is 6.42 Å². The van der Waals surface area contributed by atoms with Gasteiger partial charge in [-0.25, -0.2) is 9.59 Å². The number of aromatic carboxylic acids is 1. The number of ether oxygens (including phenoxy) is 1. The number of hydrogen-bond acceptors (Lipinski definition) is 4. The largest absolute Gasteiger partial charge is 0.478 e. The van der Waals surface area contributed by atoms with Gasteiger partial charge in [0.2, 0.25) is 0 Å². The first kappa shape index (κ1) is 14.9. The summed E-state index contributed by atoms with van der Waals surface area (Å²) in [6, 6.07) is 4.17. The van der Waals surface area contributed by atoms with Crippen LogP contribution in [-0.2, 0) is 9.53 Å². The van der Waals surface area contributed by atoms with E-state index in [9.17, 15) is 14.4 Å². The molecule has 19 heavy (non-hydrogen) atoms. The van der Waals surface area contributed by atoms with Crippen LogP contribution in [-0.4, -0.2) is 23.0 Å². The van der Waals surface area contributed by atoms with Gasteiger partial charge in [-0.15, -0.1) is 0 Å². The third-order valence-electron chi connectivity index (χ3n) is 2.64. The van der Waals surface area contributed by atoms with Crippen LogP contribution in [0.2, 0.25) is 0 Å². The SMILES string of the molecule is CCCCC(=O)OC(=O)c1ccc(C)c(C(=O)O)c1. The van der Waals surface area contributed by atoms with Crippen molar-refractivity contribution >= 4 is 17.9 Å². The summed E-state index contributed by atoms with van der Waals surface area (Å²) in [5.41, 5.74) is 0.629. The molecule has 1 aromatic rings. The number of carbonyl (C=O) groups excluding carboxylic acids is 2. The Labute approximate surface area is 111 Å². The Morgan fingerprint density at radius 3 is 2.53 bits per heavy atom. The van der Waals surface area contributed by atoms with Gasteiger partial charge in [0, 0.05) is 6.42 Å². The molecule has 0 radical (unpaired) electrons. The molecule has 0 amide bonds. The molecule has 1 aromatic carbocycles. The highest BCUT2D eigenvalue weighted by Crippen LogP contribution is 2.13. The molecule has 0 saturated heterocycles. The molecule has 1 N–H and O–H groups in total. The van der Waals surface area contributed by atoms with E-state index in [0.29, 0.717) is 12.0 Å².